The Labute approximate surface area is 119 Å². The van der Waals surface area contributed by atoms with Gasteiger partial charge in [-0.05, 0) is 18.7 Å². The summed E-state index contributed by atoms with van der Waals surface area (Å²) in [7, 11) is 0. The summed E-state index contributed by atoms with van der Waals surface area (Å²) in [6.45, 7) is 6.79. The summed E-state index contributed by atoms with van der Waals surface area (Å²) < 4.78 is 5.72. The van der Waals surface area contributed by atoms with Gasteiger partial charge in [-0.2, -0.15) is 0 Å². The number of ether oxygens (including phenoxy) is 1. The van der Waals surface area contributed by atoms with Crippen molar-refractivity contribution < 1.29 is 4.74 Å². The topological polar surface area (TPSA) is 63.4 Å². The maximum atomic E-state index is 5.72. The molecule has 6 heteroatoms. The summed E-state index contributed by atoms with van der Waals surface area (Å²) in [6, 6.07) is 3.76. The van der Waals surface area contributed by atoms with Crippen LogP contribution in [0.2, 0.25) is 0 Å². The number of aromatic nitrogens is 1. The summed E-state index contributed by atoms with van der Waals surface area (Å²) in [5.74, 6) is 0.817. The third-order valence-corrected chi connectivity index (χ3v) is 3.46. The Balaban J connectivity index is 1.83. The Morgan fingerprint density at radius 2 is 2.47 bits per heavy atom. The fourth-order valence-corrected chi connectivity index (χ4v) is 2.17. The molecular formula is C13H20N4OS. The van der Waals surface area contributed by atoms with Crippen LogP contribution < -0.4 is 11.1 Å². The van der Waals surface area contributed by atoms with Gasteiger partial charge < -0.3 is 15.8 Å². The van der Waals surface area contributed by atoms with Crippen molar-refractivity contribution in [2.75, 3.05) is 38.1 Å². The molecular weight excluding hydrogens is 260 g/mol. The average molecular weight is 280 g/mol. The number of hydrogen-bond donors (Lipinski definition) is 2. The first kappa shape index (κ1) is 14.2. The molecule has 0 aliphatic carbocycles. The van der Waals surface area contributed by atoms with Crippen LogP contribution in [0.4, 0.5) is 5.82 Å². The van der Waals surface area contributed by atoms with Crippen LogP contribution in [0.1, 0.15) is 12.5 Å². The average Bonchev–Trinajstić information content (AvgIpc) is 2.46. The van der Waals surface area contributed by atoms with Crippen molar-refractivity contribution in [2.24, 2.45) is 5.73 Å². The zero-order valence-electron chi connectivity index (χ0n) is 11.1. The van der Waals surface area contributed by atoms with Crippen molar-refractivity contribution in [1.29, 1.82) is 0 Å². The Hall–Kier alpha value is -1.24. The number of nitrogens with one attached hydrogen (secondary N) is 1. The van der Waals surface area contributed by atoms with Gasteiger partial charge in [0.2, 0.25) is 0 Å². The lowest BCUT2D eigenvalue weighted by Crippen LogP contribution is -2.45. The van der Waals surface area contributed by atoms with Crippen molar-refractivity contribution in [3.8, 4) is 0 Å². The normalized spacial score (nSPS) is 20.2. The lowest BCUT2D eigenvalue weighted by molar-refractivity contribution is -0.0192. The Kier molecular flexibility index (Phi) is 5.07. The van der Waals surface area contributed by atoms with E-state index in [1.807, 2.05) is 12.1 Å². The van der Waals surface area contributed by atoms with Gasteiger partial charge in [0.1, 0.15) is 10.8 Å². The van der Waals surface area contributed by atoms with Gasteiger partial charge in [-0.15, -0.1) is 0 Å². The second-order valence-electron chi connectivity index (χ2n) is 4.56. The number of likely N-dealkylation sites (N-methyl/N-ethyl adjacent to an activating group) is 1. The minimum Gasteiger partial charge on any atom is -0.389 e. The molecule has 0 radical (unpaired) electrons. The van der Waals surface area contributed by atoms with E-state index in [-0.39, 0.29) is 6.10 Å². The van der Waals surface area contributed by atoms with E-state index in [1.165, 1.54) is 0 Å². The summed E-state index contributed by atoms with van der Waals surface area (Å²) in [5, 5.41) is 3.28. The Morgan fingerprint density at radius 3 is 3.11 bits per heavy atom. The highest BCUT2D eigenvalue weighted by molar-refractivity contribution is 7.80. The van der Waals surface area contributed by atoms with Crippen LogP contribution in [0, 0.1) is 0 Å². The second-order valence-corrected chi connectivity index (χ2v) is 5.00. The van der Waals surface area contributed by atoms with E-state index in [4.69, 9.17) is 22.7 Å². The Morgan fingerprint density at radius 1 is 1.63 bits per heavy atom. The highest BCUT2D eigenvalue weighted by Crippen LogP contribution is 2.08. The molecule has 1 saturated heterocycles. The van der Waals surface area contributed by atoms with Gasteiger partial charge >= 0.3 is 0 Å². The largest absolute Gasteiger partial charge is 0.389 e. The molecule has 2 rings (SSSR count). The van der Waals surface area contributed by atoms with Crippen LogP contribution in [-0.4, -0.2) is 53.8 Å². The van der Waals surface area contributed by atoms with E-state index >= 15 is 0 Å². The highest BCUT2D eigenvalue weighted by Gasteiger charge is 2.18. The third-order valence-electron chi connectivity index (χ3n) is 3.23. The zero-order chi connectivity index (χ0) is 13.7. The number of thiocarbonyl (C=S) groups is 1. The fraction of sp³-hybridized carbons (Fsp3) is 0.538. The molecule has 0 bridgehead atoms. The number of anilines is 1. The van der Waals surface area contributed by atoms with Gasteiger partial charge in [0, 0.05) is 31.4 Å². The smallest absolute Gasteiger partial charge is 0.126 e. The van der Waals surface area contributed by atoms with E-state index in [0.717, 1.165) is 44.2 Å². The van der Waals surface area contributed by atoms with E-state index in [1.54, 1.807) is 6.20 Å². The molecule has 2 heterocycles. The molecule has 19 heavy (non-hydrogen) atoms. The first-order chi connectivity index (χ1) is 9.19. The van der Waals surface area contributed by atoms with Gasteiger partial charge in [-0.3, -0.25) is 4.90 Å². The van der Waals surface area contributed by atoms with Crippen LogP contribution in [0.25, 0.3) is 0 Å². The molecule has 5 nitrogen and oxygen atoms in total. The van der Waals surface area contributed by atoms with Crippen LogP contribution in [-0.2, 0) is 4.74 Å². The summed E-state index contributed by atoms with van der Waals surface area (Å²) >= 11 is 4.89. The van der Waals surface area contributed by atoms with Crippen molar-refractivity contribution in [2.45, 2.75) is 13.0 Å². The minimum absolute atomic E-state index is 0.214. The molecule has 1 aromatic rings. The minimum atomic E-state index is 0.214. The highest BCUT2D eigenvalue weighted by atomic mass is 32.1. The number of pyridine rings is 1. The first-order valence-electron chi connectivity index (χ1n) is 6.52. The summed E-state index contributed by atoms with van der Waals surface area (Å²) in [5.41, 5.74) is 6.31. The molecule has 1 fully saturated rings. The molecule has 0 aromatic carbocycles. The van der Waals surface area contributed by atoms with Gasteiger partial charge in [0.05, 0.1) is 12.7 Å². The van der Waals surface area contributed by atoms with Crippen LogP contribution in [0.3, 0.4) is 0 Å². The molecule has 104 valence electrons. The maximum Gasteiger partial charge on any atom is 0.126 e. The molecule has 1 aromatic heterocycles. The lowest BCUT2D eigenvalue weighted by Gasteiger charge is -2.32. The van der Waals surface area contributed by atoms with Crippen molar-refractivity contribution >= 4 is 23.0 Å². The third kappa shape index (κ3) is 4.12. The van der Waals surface area contributed by atoms with Gasteiger partial charge in [-0.1, -0.05) is 19.1 Å². The van der Waals surface area contributed by atoms with Crippen LogP contribution in [0.5, 0.6) is 0 Å². The van der Waals surface area contributed by atoms with E-state index in [9.17, 15) is 0 Å². The van der Waals surface area contributed by atoms with Gasteiger partial charge in [0.15, 0.2) is 0 Å². The molecule has 3 N–H and O–H groups in total. The molecule has 1 aliphatic heterocycles. The monoisotopic (exact) mass is 280 g/mol. The molecule has 0 amide bonds. The maximum absolute atomic E-state index is 5.72. The van der Waals surface area contributed by atoms with Crippen LogP contribution >= 0.6 is 12.2 Å². The van der Waals surface area contributed by atoms with Gasteiger partial charge in [-0.25, -0.2) is 4.98 Å². The summed E-state index contributed by atoms with van der Waals surface area (Å²) in [4.78, 5) is 7.03. The summed E-state index contributed by atoms with van der Waals surface area (Å²) in [6.07, 6.45) is 1.90. The van der Waals surface area contributed by atoms with E-state index in [2.05, 4.69) is 22.1 Å². The SMILES string of the molecule is CCN1CCOC(CNc2ccc(C(N)=S)cn2)C1. The standard InChI is InChI=1S/C13H20N4OS/c1-2-17-5-6-18-11(9-17)8-16-12-4-3-10(7-15-12)13(14)19/h3-4,7,11H,2,5-6,8-9H2,1H3,(H2,14,19)(H,15,16). The van der Waals surface area contributed by atoms with Crippen LogP contribution in [0.15, 0.2) is 18.3 Å². The molecule has 1 aliphatic rings. The zero-order valence-corrected chi connectivity index (χ0v) is 11.9. The Bertz CT molecular complexity index is 423. The van der Waals surface area contributed by atoms with Crippen molar-refractivity contribution in [1.82, 2.24) is 9.88 Å². The lowest BCUT2D eigenvalue weighted by atomic mass is 10.2. The van der Waals surface area contributed by atoms with Gasteiger partial charge in [0.25, 0.3) is 0 Å². The van der Waals surface area contributed by atoms with E-state index in [0.29, 0.717) is 4.99 Å². The number of nitrogens with zero attached hydrogens (tertiary/aromatic N) is 2. The van der Waals surface area contributed by atoms with Crippen molar-refractivity contribution in [3.05, 3.63) is 23.9 Å². The molecule has 1 atom stereocenters. The van der Waals surface area contributed by atoms with E-state index < -0.39 is 0 Å². The predicted octanol–water partition coefficient (Wildman–Crippen LogP) is 0.848. The quantitative estimate of drug-likeness (QED) is 0.780. The second kappa shape index (κ2) is 6.79. The fourth-order valence-electron chi connectivity index (χ4n) is 2.05. The molecule has 0 saturated carbocycles. The number of hydrogen-bond acceptors (Lipinski definition) is 5. The molecule has 0 spiro atoms. The number of rotatable bonds is 5. The predicted molar refractivity (Wildman–Crippen MR) is 80.5 cm³/mol. The van der Waals surface area contributed by atoms with Crippen molar-refractivity contribution in [3.63, 3.8) is 0 Å². The first-order valence-corrected chi connectivity index (χ1v) is 6.93. The number of morpholine rings is 1. The molecule has 1 unspecified atom stereocenters. The number of nitrogens with two attached hydrogens (primary N) is 1.